The zero-order valence-electron chi connectivity index (χ0n) is 6.71. The molecular formula is C5H11CsO3S. The molecule has 0 spiro atoms. The Balaban J connectivity index is -0.0000000910. The molecule has 0 saturated heterocycles. The van der Waals surface area contributed by atoms with Crippen LogP contribution in [0.5, 0.6) is 0 Å². The van der Waals surface area contributed by atoms with E-state index in [-0.39, 0.29) is 73.6 Å². The van der Waals surface area contributed by atoms with E-state index < -0.39 is 6.16 Å². The quantitative estimate of drug-likeness (QED) is 0.535. The van der Waals surface area contributed by atoms with Gasteiger partial charge >= 0.3 is 75.0 Å². The number of hydrogen-bond acceptors (Lipinski definition) is 2. The van der Waals surface area contributed by atoms with Crippen molar-refractivity contribution in [2.45, 2.75) is 25.5 Å². The van der Waals surface area contributed by atoms with Crippen LogP contribution in [0.4, 0.5) is 4.79 Å². The van der Waals surface area contributed by atoms with Crippen LogP contribution >= 0.6 is 0 Å². The van der Waals surface area contributed by atoms with Crippen molar-refractivity contribution in [2.24, 2.45) is 0 Å². The molecule has 0 aromatic rings. The molecule has 0 atom stereocenters. The normalized spacial score (nSPS) is 8.40. The van der Waals surface area contributed by atoms with E-state index in [1.807, 2.05) is 20.8 Å². The van der Waals surface area contributed by atoms with Crippen molar-refractivity contribution < 1.29 is 83.9 Å². The molecule has 0 bridgehead atoms. The monoisotopic (exact) mass is 284 g/mol. The molecule has 5 heteroatoms. The Bertz CT molecular complexity index is 79.4. The van der Waals surface area contributed by atoms with Gasteiger partial charge in [0.15, 0.2) is 0 Å². The van der Waals surface area contributed by atoms with Gasteiger partial charge < -0.3 is 22.8 Å². The van der Waals surface area contributed by atoms with Crippen LogP contribution in [0, 0.1) is 0 Å². The molecule has 0 rings (SSSR count). The van der Waals surface area contributed by atoms with Crippen LogP contribution in [0.1, 0.15) is 20.8 Å². The molecule has 0 saturated carbocycles. The van der Waals surface area contributed by atoms with Gasteiger partial charge in [0.1, 0.15) is 0 Å². The minimum atomic E-state index is -1.83. The van der Waals surface area contributed by atoms with Gasteiger partial charge in [-0.25, -0.2) is 4.79 Å². The Morgan fingerprint density at radius 3 is 1.30 bits per heavy atom. The molecular weight excluding hydrogens is 273 g/mol. The molecule has 0 radical (unpaired) electrons. The van der Waals surface area contributed by atoms with Crippen LogP contribution in [0.2, 0.25) is 0 Å². The van der Waals surface area contributed by atoms with Crippen molar-refractivity contribution in [1.29, 1.82) is 0 Å². The molecule has 3 nitrogen and oxygen atoms in total. The van der Waals surface area contributed by atoms with E-state index in [1.165, 1.54) is 0 Å². The average molecular weight is 284 g/mol. The minimum absolute atomic E-state index is 0. The standard InChI is InChI=1S/C4H10S.CH2O3.Cs/c1-4(2,3)5;2-1(3)4;/h5H,1-3H3;(H2,2,3,4);/q;;+1/p-1. The van der Waals surface area contributed by atoms with Gasteiger partial charge in [-0.2, -0.15) is 4.75 Å². The molecule has 0 unspecified atom stereocenters. The third kappa shape index (κ3) is 260. The molecule has 0 heterocycles. The fraction of sp³-hybridized carbons (Fsp3) is 0.800. The summed E-state index contributed by atoms with van der Waals surface area (Å²) in [4.78, 5) is 8.56. The van der Waals surface area contributed by atoms with E-state index in [0.717, 1.165) is 0 Å². The Kier molecular flexibility index (Phi) is 15.5. The number of carboxylic acid groups (broad SMARTS) is 2. The minimum Gasteiger partial charge on any atom is -0.787 e. The smallest absolute Gasteiger partial charge is 0.787 e. The Morgan fingerprint density at radius 1 is 1.30 bits per heavy atom. The number of hydrogen-bond donors (Lipinski definition) is 2. The average Bonchev–Trinajstić information content (AvgIpc) is 1.19. The van der Waals surface area contributed by atoms with Gasteiger partial charge in [-0.3, -0.25) is 0 Å². The van der Waals surface area contributed by atoms with Gasteiger partial charge in [0.25, 0.3) is 0 Å². The second-order valence-corrected chi connectivity index (χ2v) is 3.62. The fourth-order valence-corrected chi connectivity index (χ4v) is 0. The first-order valence-corrected chi connectivity index (χ1v) is 2.76. The summed E-state index contributed by atoms with van der Waals surface area (Å²) in [6, 6.07) is 0. The summed E-state index contributed by atoms with van der Waals surface area (Å²) >= 11 is 4.83. The van der Waals surface area contributed by atoms with Crippen molar-refractivity contribution in [3.8, 4) is 0 Å². The van der Waals surface area contributed by atoms with Crippen molar-refractivity contribution in [2.75, 3.05) is 0 Å². The van der Waals surface area contributed by atoms with E-state index in [4.69, 9.17) is 27.6 Å². The second-order valence-electron chi connectivity index (χ2n) is 2.39. The summed E-state index contributed by atoms with van der Waals surface area (Å²) in [6.45, 7) is 6.01. The Morgan fingerprint density at radius 2 is 1.30 bits per heavy atom. The van der Waals surface area contributed by atoms with Gasteiger partial charge in [-0.1, -0.05) is 20.8 Å². The molecule has 10 heavy (non-hydrogen) atoms. The SMILES string of the molecule is CC(C)(C)[S-].O=C(O)O.[Cs+]. The van der Waals surface area contributed by atoms with Crippen LogP contribution in [0.15, 0.2) is 0 Å². The Hall–Kier alpha value is 1.67. The van der Waals surface area contributed by atoms with Gasteiger partial charge in [-0.05, 0) is 0 Å². The van der Waals surface area contributed by atoms with Gasteiger partial charge in [-0.15, -0.1) is 0 Å². The summed E-state index contributed by atoms with van der Waals surface area (Å²) in [6.07, 6.45) is -1.83. The zero-order chi connectivity index (χ0) is 8.08. The molecule has 0 aliphatic heterocycles. The second kappa shape index (κ2) is 8.77. The van der Waals surface area contributed by atoms with Crippen LogP contribution in [-0.2, 0) is 12.6 Å². The van der Waals surface area contributed by atoms with Gasteiger partial charge in [0.2, 0.25) is 0 Å². The van der Waals surface area contributed by atoms with Gasteiger partial charge in [0, 0.05) is 0 Å². The first-order chi connectivity index (χ1) is 3.73. The predicted molar refractivity (Wildman–Crippen MR) is 37.8 cm³/mol. The van der Waals surface area contributed by atoms with Crippen molar-refractivity contribution in [3.05, 3.63) is 0 Å². The van der Waals surface area contributed by atoms with Crippen LogP contribution in [0.3, 0.4) is 0 Å². The van der Waals surface area contributed by atoms with Gasteiger partial charge in [0.05, 0.1) is 0 Å². The van der Waals surface area contributed by atoms with Crippen LogP contribution in [-0.4, -0.2) is 21.1 Å². The zero-order valence-corrected chi connectivity index (χ0v) is 13.8. The largest absolute Gasteiger partial charge is 1.00 e. The van der Waals surface area contributed by atoms with E-state index in [2.05, 4.69) is 0 Å². The molecule has 0 aliphatic rings. The molecule has 0 aromatic heterocycles. The summed E-state index contributed by atoms with van der Waals surface area (Å²) < 4.78 is 0.0833. The summed E-state index contributed by atoms with van der Waals surface area (Å²) in [7, 11) is 0. The van der Waals surface area contributed by atoms with E-state index in [0.29, 0.717) is 0 Å². The summed E-state index contributed by atoms with van der Waals surface area (Å²) in [5.74, 6) is 0. The molecule has 56 valence electrons. The molecule has 2 N–H and O–H groups in total. The van der Waals surface area contributed by atoms with Crippen LogP contribution in [0.25, 0.3) is 0 Å². The van der Waals surface area contributed by atoms with E-state index in [1.54, 1.807) is 0 Å². The third-order valence-electron chi connectivity index (χ3n) is 0. The molecule has 0 aliphatic carbocycles. The maximum absolute atomic E-state index is 8.56. The maximum atomic E-state index is 8.56. The molecule has 0 aromatic carbocycles. The number of carbonyl (C=O) groups is 1. The van der Waals surface area contributed by atoms with E-state index in [9.17, 15) is 0 Å². The van der Waals surface area contributed by atoms with E-state index >= 15 is 0 Å². The van der Waals surface area contributed by atoms with Crippen LogP contribution < -0.4 is 68.9 Å². The summed E-state index contributed by atoms with van der Waals surface area (Å²) in [5, 5.41) is 13.9. The number of rotatable bonds is 0. The first-order valence-electron chi connectivity index (χ1n) is 2.36. The first kappa shape index (κ1) is 17.7. The Labute approximate surface area is 125 Å². The van der Waals surface area contributed by atoms with Crippen molar-refractivity contribution in [3.63, 3.8) is 0 Å². The maximum Gasteiger partial charge on any atom is 1.00 e. The van der Waals surface area contributed by atoms with Crippen molar-refractivity contribution in [1.82, 2.24) is 0 Å². The van der Waals surface area contributed by atoms with Crippen molar-refractivity contribution >= 4 is 18.8 Å². The molecule has 0 amide bonds. The topological polar surface area (TPSA) is 57.5 Å². The predicted octanol–water partition coefficient (Wildman–Crippen LogP) is -1.44. The fourth-order valence-electron chi connectivity index (χ4n) is 0. The molecule has 0 fully saturated rings. The third-order valence-corrected chi connectivity index (χ3v) is 0. The summed E-state index contributed by atoms with van der Waals surface area (Å²) in [5.41, 5.74) is 0.